The quantitative estimate of drug-likeness (QED) is 0.718. The van der Waals surface area contributed by atoms with Crippen molar-refractivity contribution in [1.29, 1.82) is 0 Å². The lowest BCUT2D eigenvalue weighted by atomic mass is 9.89. The Kier molecular flexibility index (Phi) is 8.98. The lowest BCUT2D eigenvalue weighted by Gasteiger charge is -2.29. The maximum Gasteiger partial charge on any atom is 0.223 e. The maximum atomic E-state index is 13.1. The molecule has 0 aliphatic carbocycles. The number of halogens is 3. The maximum absolute atomic E-state index is 13.1. The van der Waals surface area contributed by atoms with E-state index in [2.05, 4.69) is 15.6 Å². The van der Waals surface area contributed by atoms with Crippen molar-refractivity contribution in [2.45, 2.75) is 38.3 Å². The highest BCUT2D eigenvalue weighted by molar-refractivity contribution is 5.85. The summed E-state index contributed by atoms with van der Waals surface area (Å²) in [7, 11) is 0. The molecule has 1 aromatic rings. The first-order valence-electron chi connectivity index (χ1n) is 7.19. The Morgan fingerprint density at radius 1 is 1.48 bits per heavy atom. The summed E-state index contributed by atoms with van der Waals surface area (Å²) < 4.78 is 13.1. The molecule has 0 aromatic carbocycles. The Morgan fingerprint density at radius 2 is 2.17 bits per heavy atom. The van der Waals surface area contributed by atoms with Crippen molar-refractivity contribution in [2.75, 3.05) is 13.1 Å². The van der Waals surface area contributed by atoms with Crippen LogP contribution in [0.3, 0.4) is 0 Å². The van der Waals surface area contributed by atoms with E-state index in [-0.39, 0.29) is 48.7 Å². The fraction of sp³-hybridized carbons (Fsp3) is 0.600. The molecule has 1 aliphatic heterocycles. The van der Waals surface area contributed by atoms with E-state index in [1.807, 2.05) is 13.8 Å². The first-order valence-corrected chi connectivity index (χ1v) is 7.19. The molecule has 8 heteroatoms. The number of β-amino-alcohol motifs (C(OH)–C–C–N with tert-alkyl or cyclic N) is 1. The molecule has 0 spiro atoms. The zero-order valence-corrected chi connectivity index (χ0v) is 14.8. The predicted octanol–water partition coefficient (Wildman–Crippen LogP) is 1.99. The van der Waals surface area contributed by atoms with Gasteiger partial charge in [-0.25, -0.2) is 4.39 Å². The van der Waals surface area contributed by atoms with E-state index in [4.69, 9.17) is 0 Å². The second-order valence-corrected chi connectivity index (χ2v) is 6.20. The summed E-state index contributed by atoms with van der Waals surface area (Å²) in [6, 6.07) is 1.27. The van der Waals surface area contributed by atoms with Crippen LogP contribution in [-0.4, -0.2) is 34.6 Å². The van der Waals surface area contributed by atoms with E-state index < -0.39 is 11.9 Å². The van der Waals surface area contributed by atoms with Gasteiger partial charge in [0.2, 0.25) is 5.91 Å². The minimum Gasteiger partial charge on any atom is -0.387 e. The molecule has 1 aromatic heterocycles. The Bertz CT molecular complexity index is 517. The van der Waals surface area contributed by atoms with E-state index >= 15 is 0 Å². The number of hydrogen-bond donors (Lipinski definition) is 3. The molecule has 1 saturated heterocycles. The van der Waals surface area contributed by atoms with Crippen molar-refractivity contribution in [3.63, 3.8) is 0 Å². The van der Waals surface area contributed by atoms with Gasteiger partial charge in [0.25, 0.3) is 0 Å². The minimum absolute atomic E-state index is 0. The van der Waals surface area contributed by atoms with Crippen LogP contribution >= 0.6 is 24.8 Å². The van der Waals surface area contributed by atoms with Crippen molar-refractivity contribution in [3.8, 4) is 0 Å². The monoisotopic (exact) mass is 367 g/mol. The molecule has 0 radical (unpaired) electrons. The van der Waals surface area contributed by atoms with Gasteiger partial charge in [-0.2, -0.15) is 0 Å². The normalized spacial score (nSPS) is 18.6. The molecule has 3 N–H and O–H groups in total. The second-order valence-electron chi connectivity index (χ2n) is 6.20. The van der Waals surface area contributed by atoms with Gasteiger partial charge in [0.05, 0.1) is 12.3 Å². The zero-order valence-electron chi connectivity index (χ0n) is 13.2. The molecule has 23 heavy (non-hydrogen) atoms. The van der Waals surface area contributed by atoms with Crippen LogP contribution in [0.4, 0.5) is 4.39 Å². The van der Waals surface area contributed by atoms with E-state index in [9.17, 15) is 14.3 Å². The highest BCUT2D eigenvalue weighted by atomic mass is 35.5. The lowest BCUT2D eigenvalue weighted by molar-refractivity contribution is -0.123. The number of carbonyl (C=O) groups is 1. The first kappa shape index (κ1) is 22.1. The standard InChI is InChI=1S/C15H22FN3O2.2ClH/c1-15(2,6-10-3-4-18-14(10)21)19-9-13(20)11-5-12(16)8-17-7-11;;/h5,7-8,10,13,19-20H,3-4,6,9H2,1-2H3,(H,18,21);2*1H/t10-,13+;;/m1../s1. The van der Waals surface area contributed by atoms with Gasteiger partial charge >= 0.3 is 0 Å². The number of aliphatic hydroxyl groups excluding tert-OH is 1. The summed E-state index contributed by atoms with van der Waals surface area (Å²) in [5.41, 5.74) is 0.158. The summed E-state index contributed by atoms with van der Waals surface area (Å²) in [6.45, 7) is 5.01. The van der Waals surface area contributed by atoms with E-state index in [0.717, 1.165) is 19.2 Å². The number of hydrogen-bond acceptors (Lipinski definition) is 4. The van der Waals surface area contributed by atoms with Crippen LogP contribution in [0.25, 0.3) is 0 Å². The zero-order chi connectivity index (χ0) is 15.5. The number of nitrogens with one attached hydrogen (secondary N) is 2. The van der Waals surface area contributed by atoms with Crippen molar-refractivity contribution in [3.05, 3.63) is 29.8 Å². The number of carbonyl (C=O) groups excluding carboxylic acids is 1. The highest BCUT2D eigenvalue weighted by Crippen LogP contribution is 2.23. The van der Waals surface area contributed by atoms with Crippen molar-refractivity contribution < 1.29 is 14.3 Å². The third kappa shape index (κ3) is 6.59. The summed E-state index contributed by atoms with van der Waals surface area (Å²) in [4.78, 5) is 15.3. The summed E-state index contributed by atoms with van der Waals surface area (Å²) in [5.74, 6) is -0.353. The fourth-order valence-corrected chi connectivity index (χ4v) is 2.63. The summed E-state index contributed by atoms with van der Waals surface area (Å²) >= 11 is 0. The van der Waals surface area contributed by atoms with E-state index in [1.54, 1.807) is 0 Å². The van der Waals surface area contributed by atoms with Crippen molar-refractivity contribution in [2.24, 2.45) is 5.92 Å². The lowest BCUT2D eigenvalue weighted by Crippen LogP contribution is -2.44. The van der Waals surface area contributed by atoms with Gasteiger partial charge in [-0.15, -0.1) is 24.8 Å². The SMILES string of the molecule is CC(C)(C[C@H]1CCNC1=O)NC[C@H](O)c1cncc(F)c1.Cl.Cl. The average molecular weight is 368 g/mol. The van der Waals surface area contributed by atoms with Crippen molar-refractivity contribution in [1.82, 2.24) is 15.6 Å². The van der Waals surface area contributed by atoms with Gasteiger partial charge in [-0.1, -0.05) is 0 Å². The van der Waals surface area contributed by atoms with Gasteiger partial charge in [0.15, 0.2) is 0 Å². The molecule has 1 aliphatic rings. The second kappa shape index (κ2) is 9.37. The first-order chi connectivity index (χ1) is 9.87. The molecule has 0 bridgehead atoms. The smallest absolute Gasteiger partial charge is 0.223 e. The Labute approximate surface area is 148 Å². The summed E-state index contributed by atoms with van der Waals surface area (Å²) in [5, 5.41) is 16.1. The van der Waals surface area contributed by atoms with E-state index in [0.29, 0.717) is 12.0 Å². The average Bonchev–Trinajstić information content (AvgIpc) is 2.81. The number of amides is 1. The molecule has 1 amide bonds. The van der Waals surface area contributed by atoms with Crippen LogP contribution in [0.1, 0.15) is 38.4 Å². The van der Waals surface area contributed by atoms with Gasteiger partial charge in [0, 0.05) is 36.3 Å². The minimum atomic E-state index is -0.829. The Morgan fingerprint density at radius 3 is 2.74 bits per heavy atom. The Balaban J connectivity index is 0.00000242. The van der Waals surface area contributed by atoms with Crippen LogP contribution in [0, 0.1) is 11.7 Å². The molecule has 132 valence electrons. The summed E-state index contributed by atoms with van der Waals surface area (Å²) in [6.07, 6.45) is 3.27. The topological polar surface area (TPSA) is 74.2 Å². The third-order valence-electron chi connectivity index (χ3n) is 3.80. The van der Waals surface area contributed by atoms with Crippen LogP contribution in [0.15, 0.2) is 18.5 Å². The number of rotatable bonds is 6. The predicted molar refractivity (Wildman–Crippen MR) is 91.5 cm³/mol. The molecule has 1 fully saturated rings. The van der Waals surface area contributed by atoms with Gasteiger partial charge in [-0.3, -0.25) is 9.78 Å². The van der Waals surface area contributed by atoms with Crippen molar-refractivity contribution >= 4 is 30.7 Å². The van der Waals surface area contributed by atoms with Gasteiger partial charge in [0.1, 0.15) is 5.82 Å². The molecule has 5 nitrogen and oxygen atoms in total. The number of aromatic nitrogens is 1. The molecule has 2 atom stereocenters. The third-order valence-corrected chi connectivity index (χ3v) is 3.80. The number of aliphatic hydroxyl groups is 1. The molecular formula is C15H24Cl2FN3O2. The fourth-order valence-electron chi connectivity index (χ4n) is 2.63. The van der Waals surface area contributed by atoms with Crippen LogP contribution in [0.2, 0.25) is 0 Å². The van der Waals surface area contributed by atoms with Gasteiger partial charge < -0.3 is 15.7 Å². The molecule has 0 saturated carbocycles. The van der Waals surface area contributed by atoms with Crippen LogP contribution in [0.5, 0.6) is 0 Å². The highest BCUT2D eigenvalue weighted by Gasteiger charge is 2.31. The van der Waals surface area contributed by atoms with Crippen LogP contribution < -0.4 is 10.6 Å². The molecular weight excluding hydrogens is 344 g/mol. The van der Waals surface area contributed by atoms with Gasteiger partial charge in [-0.05, 0) is 32.8 Å². The number of nitrogens with zero attached hydrogens (tertiary/aromatic N) is 1. The molecule has 0 unspecified atom stereocenters. The molecule has 2 rings (SSSR count). The van der Waals surface area contributed by atoms with Crippen LogP contribution in [-0.2, 0) is 4.79 Å². The van der Waals surface area contributed by atoms with E-state index in [1.165, 1.54) is 12.3 Å². The Hall–Kier alpha value is -0.950. The number of pyridine rings is 1. The largest absolute Gasteiger partial charge is 0.387 e. The molecule has 2 heterocycles.